The van der Waals surface area contributed by atoms with E-state index in [1.54, 1.807) is 6.92 Å². The molecule has 0 bridgehead atoms. The molecule has 110 valence electrons. The van der Waals surface area contributed by atoms with E-state index in [1.165, 1.54) is 25.2 Å². The second kappa shape index (κ2) is 6.33. The molecule has 0 saturated heterocycles. The van der Waals surface area contributed by atoms with Crippen molar-refractivity contribution in [3.05, 3.63) is 33.9 Å². The van der Waals surface area contributed by atoms with Crippen molar-refractivity contribution >= 4 is 17.3 Å². The summed E-state index contributed by atoms with van der Waals surface area (Å²) in [6.07, 6.45) is 0.518. The van der Waals surface area contributed by atoms with Crippen LogP contribution >= 0.6 is 0 Å². The van der Waals surface area contributed by atoms with Gasteiger partial charge in [0.2, 0.25) is 0 Å². The minimum absolute atomic E-state index is 0.184. The Morgan fingerprint density at radius 3 is 2.65 bits per heavy atom. The standard InChI is InChI=1S/C13H19N3O4/c1-4-13(2,18)8-15-10-6-5-9(12(17)14-3)7-11(10)16(19)20/h5-7,15,18H,4,8H2,1-3H3,(H,14,17). The zero-order valence-corrected chi connectivity index (χ0v) is 11.8. The molecule has 7 nitrogen and oxygen atoms in total. The molecule has 1 rings (SSSR count). The van der Waals surface area contributed by atoms with Gasteiger partial charge >= 0.3 is 0 Å². The molecule has 0 radical (unpaired) electrons. The predicted octanol–water partition coefficient (Wildman–Crippen LogP) is 1.53. The van der Waals surface area contributed by atoms with E-state index in [0.29, 0.717) is 6.42 Å². The molecule has 0 aliphatic rings. The zero-order chi connectivity index (χ0) is 15.3. The number of aliphatic hydroxyl groups is 1. The van der Waals surface area contributed by atoms with Gasteiger partial charge in [0.1, 0.15) is 5.69 Å². The monoisotopic (exact) mass is 281 g/mol. The van der Waals surface area contributed by atoms with Gasteiger partial charge in [-0.05, 0) is 25.5 Å². The predicted molar refractivity (Wildman–Crippen MR) is 75.9 cm³/mol. The van der Waals surface area contributed by atoms with Crippen molar-refractivity contribution in [1.29, 1.82) is 0 Å². The highest BCUT2D eigenvalue weighted by molar-refractivity contribution is 5.95. The first kappa shape index (κ1) is 15.9. The fourth-order valence-electron chi connectivity index (χ4n) is 1.53. The Balaban J connectivity index is 3.02. The Morgan fingerprint density at radius 2 is 2.15 bits per heavy atom. The second-order valence-corrected chi connectivity index (χ2v) is 4.77. The van der Waals surface area contributed by atoms with Crippen LogP contribution in [0.4, 0.5) is 11.4 Å². The Labute approximate surface area is 117 Å². The van der Waals surface area contributed by atoms with Gasteiger partial charge in [0, 0.05) is 25.2 Å². The lowest BCUT2D eigenvalue weighted by Gasteiger charge is -2.22. The van der Waals surface area contributed by atoms with Crippen LogP contribution in [0.1, 0.15) is 30.6 Å². The summed E-state index contributed by atoms with van der Waals surface area (Å²) in [6.45, 7) is 3.65. The van der Waals surface area contributed by atoms with Crippen LogP contribution in [0.2, 0.25) is 0 Å². The zero-order valence-electron chi connectivity index (χ0n) is 11.8. The quantitative estimate of drug-likeness (QED) is 0.541. The van der Waals surface area contributed by atoms with Crippen LogP contribution in [0.3, 0.4) is 0 Å². The number of amides is 1. The van der Waals surface area contributed by atoms with E-state index in [0.717, 1.165) is 0 Å². The smallest absolute Gasteiger partial charge is 0.293 e. The van der Waals surface area contributed by atoms with Gasteiger partial charge in [0.25, 0.3) is 11.6 Å². The van der Waals surface area contributed by atoms with Gasteiger partial charge in [-0.15, -0.1) is 0 Å². The van der Waals surface area contributed by atoms with Crippen LogP contribution in [0.25, 0.3) is 0 Å². The minimum atomic E-state index is -0.951. The maximum atomic E-state index is 11.5. The van der Waals surface area contributed by atoms with Gasteiger partial charge in [0.15, 0.2) is 0 Å². The van der Waals surface area contributed by atoms with Gasteiger partial charge in [-0.25, -0.2) is 0 Å². The van der Waals surface area contributed by atoms with Crippen LogP contribution in [0.5, 0.6) is 0 Å². The van der Waals surface area contributed by atoms with Crippen molar-refractivity contribution in [2.24, 2.45) is 0 Å². The molecule has 0 aliphatic heterocycles. The highest BCUT2D eigenvalue weighted by Gasteiger charge is 2.21. The molecule has 0 fully saturated rings. The molecule has 1 atom stereocenters. The fraction of sp³-hybridized carbons (Fsp3) is 0.462. The van der Waals surface area contributed by atoms with Crippen LogP contribution in [-0.2, 0) is 0 Å². The summed E-state index contributed by atoms with van der Waals surface area (Å²) in [4.78, 5) is 22.0. The van der Waals surface area contributed by atoms with Gasteiger partial charge in [-0.2, -0.15) is 0 Å². The SMILES string of the molecule is CCC(C)(O)CNc1ccc(C(=O)NC)cc1[N+](=O)[O-]. The first-order valence-corrected chi connectivity index (χ1v) is 6.27. The van der Waals surface area contributed by atoms with E-state index in [9.17, 15) is 20.0 Å². The maximum absolute atomic E-state index is 11.5. The summed E-state index contributed by atoms with van der Waals surface area (Å²) in [5, 5.41) is 26.2. The molecule has 1 unspecified atom stereocenters. The summed E-state index contributed by atoms with van der Waals surface area (Å²) in [7, 11) is 1.46. The third kappa shape index (κ3) is 3.92. The topological polar surface area (TPSA) is 104 Å². The molecule has 20 heavy (non-hydrogen) atoms. The number of nitrogens with one attached hydrogen (secondary N) is 2. The minimum Gasteiger partial charge on any atom is -0.388 e. The third-order valence-corrected chi connectivity index (χ3v) is 3.11. The summed E-state index contributed by atoms with van der Waals surface area (Å²) < 4.78 is 0. The number of benzene rings is 1. The van der Waals surface area contributed by atoms with Crippen LogP contribution in [0.15, 0.2) is 18.2 Å². The molecule has 1 amide bonds. The first-order chi connectivity index (χ1) is 9.30. The van der Waals surface area contributed by atoms with Crippen molar-refractivity contribution < 1.29 is 14.8 Å². The lowest BCUT2D eigenvalue weighted by Crippen LogP contribution is -2.32. The van der Waals surface area contributed by atoms with E-state index in [1.807, 2.05) is 6.92 Å². The third-order valence-electron chi connectivity index (χ3n) is 3.11. The van der Waals surface area contributed by atoms with Crippen LogP contribution in [0, 0.1) is 10.1 Å². The van der Waals surface area contributed by atoms with Gasteiger partial charge < -0.3 is 15.7 Å². The first-order valence-electron chi connectivity index (χ1n) is 6.27. The van der Waals surface area contributed by atoms with E-state index in [2.05, 4.69) is 10.6 Å². The normalized spacial score (nSPS) is 13.4. The van der Waals surface area contributed by atoms with Crippen molar-refractivity contribution in [2.75, 3.05) is 18.9 Å². The van der Waals surface area contributed by atoms with E-state index < -0.39 is 10.5 Å². The Hall–Kier alpha value is -2.15. The fourth-order valence-corrected chi connectivity index (χ4v) is 1.53. The molecule has 3 N–H and O–H groups in total. The number of rotatable bonds is 6. The van der Waals surface area contributed by atoms with Crippen molar-refractivity contribution in [3.63, 3.8) is 0 Å². The molecule has 0 aromatic heterocycles. The summed E-state index contributed by atoms with van der Waals surface area (Å²) >= 11 is 0. The molecule has 0 heterocycles. The number of carbonyl (C=O) groups is 1. The van der Waals surface area contributed by atoms with Gasteiger partial charge in [0.05, 0.1) is 10.5 Å². The highest BCUT2D eigenvalue weighted by atomic mass is 16.6. The van der Waals surface area contributed by atoms with Gasteiger partial charge in [-0.3, -0.25) is 14.9 Å². The summed E-state index contributed by atoms with van der Waals surface area (Å²) in [6, 6.07) is 4.17. The molecule has 1 aromatic carbocycles. The van der Waals surface area contributed by atoms with Crippen LogP contribution < -0.4 is 10.6 Å². The number of nitro benzene ring substituents is 1. The lowest BCUT2D eigenvalue weighted by atomic mass is 10.0. The number of nitrogens with zero attached hydrogens (tertiary/aromatic N) is 1. The number of carbonyl (C=O) groups excluding carboxylic acids is 1. The molecule has 0 saturated carbocycles. The largest absolute Gasteiger partial charge is 0.388 e. The van der Waals surface area contributed by atoms with E-state index >= 15 is 0 Å². The number of anilines is 1. The van der Waals surface area contributed by atoms with Crippen molar-refractivity contribution in [3.8, 4) is 0 Å². The van der Waals surface area contributed by atoms with Crippen LogP contribution in [-0.4, -0.2) is 35.1 Å². The number of nitro groups is 1. The molecule has 0 spiro atoms. The average Bonchev–Trinajstić information content (AvgIpc) is 2.44. The number of hydrogen-bond donors (Lipinski definition) is 3. The highest BCUT2D eigenvalue weighted by Crippen LogP contribution is 2.26. The maximum Gasteiger partial charge on any atom is 0.293 e. The second-order valence-electron chi connectivity index (χ2n) is 4.77. The van der Waals surface area contributed by atoms with Gasteiger partial charge in [-0.1, -0.05) is 6.92 Å². The summed E-state index contributed by atoms with van der Waals surface area (Å²) in [5.41, 5.74) is -0.658. The molecular formula is C13H19N3O4. The summed E-state index contributed by atoms with van der Waals surface area (Å²) in [5.74, 6) is -0.389. The Kier molecular flexibility index (Phi) is 5.04. The van der Waals surface area contributed by atoms with Crippen molar-refractivity contribution in [2.45, 2.75) is 25.9 Å². The lowest BCUT2D eigenvalue weighted by molar-refractivity contribution is -0.384. The van der Waals surface area contributed by atoms with E-state index in [-0.39, 0.29) is 29.4 Å². The van der Waals surface area contributed by atoms with Crippen molar-refractivity contribution in [1.82, 2.24) is 5.32 Å². The Bertz CT molecular complexity index is 514. The molecule has 7 heteroatoms. The number of hydrogen-bond acceptors (Lipinski definition) is 5. The Morgan fingerprint density at radius 1 is 1.50 bits per heavy atom. The molecule has 0 aliphatic carbocycles. The molecule has 1 aromatic rings. The average molecular weight is 281 g/mol. The van der Waals surface area contributed by atoms with E-state index in [4.69, 9.17) is 0 Å². The molecular weight excluding hydrogens is 262 g/mol.